The normalized spacial score (nSPS) is 13.0. The monoisotopic (exact) mass is 395 g/mol. The number of methoxy groups -OCH3 is 1. The van der Waals surface area contributed by atoms with Crippen molar-refractivity contribution in [2.75, 3.05) is 44.1 Å². The average molecular weight is 396 g/mol. The summed E-state index contributed by atoms with van der Waals surface area (Å²) in [5, 5.41) is 9.72. The molecule has 0 aliphatic heterocycles. The van der Waals surface area contributed by atoms with Crippen molar-refractivity contribution in [1.29, 1.82) is 0 Å². The molecule has 7 nitrogen and oxygen atoms in total. The van der Waals surface area contributed by atoms with E-state index in [2.05, 4.69) is 16.0 Å². The maximum atomic E-state index is 12.2. The van der Waals surface area contributed by atoms with Crippen molar-refractivity contribution >= 4 is 34.6 Å². The van der Waals surface area contributed by atoms with E-state index in [1.165, 1.54) is 0 Å². The van der Waals surface area contributed by atoms with Crippen LogP contribution in [0.15, 0.2) is 12.1 Å². The number of hydrogen-bond acceptors (Lipinski definition) is 5. The Morgan fingerprint density at radius 2 is 1.70 bits per heavy atom. The number of nitrogens with one attached hydrogen (secondary N) is 3. The van der Waals surface area contributed by atoms with Crippen LogP contribution in [-0.4, -0.2) is 44.5 Å². The van der Waals surface area contributed by atoms with Crippen LogP contribution in [-0.2, 0) is 9.53 Å². The highest BCUT2D eigenvalue weighted by Crippen LogP contribution is 2.38. The first kappa shape index (κ1) is 21.2. The first-order chi connectivity index (χ1) is 13.1. The second-order valence-corrected chi connectivity index (χ2v) is 6.61. The molecule has 1 saturated carbocycles. The van der Waals surface area contributed by atoms with Crippen LogP contribution in [0.25, 0.3) is 0 Å². The van der Waals surface area contributed by atoms with Gasteiger partial charge >= 0.3 is 0 Å². The Morgan fingerprint density at radius 3 is 2.22 bits per heavy atom. The van der Waals surface area contributed by atoms with Crippen molar-refractivity contribution in [2.24, 2.45) is 5.92 Å². The molecule has 1 aromatic carbocycles. The van der Waals surface area contributed by atoms with Crippen LogP contribution in [0.1, 0.15) is 33.1 Å². The zero-order valence-electron chi connectivity index (χ0n) is 16.2. The number of carbonyl (C=O) groups is 1. The molecule has 0 aromatic heterocycles. The van der Waals surface area contributed by atoms with Gasteiger partial charge in [0.25, 0.3) is 0 Å². The van der Waals surface area contributed by atoms with Crippen molar-refractivity contribution < 1.29 is 19.0 Å². The van der Waals surface area contributed by atoms with E-state index in [1.54, 1.807) is 19.2 Å². The molecule has 0 radical (unpaired) electrons. The maximum Gasteiger partial charge on any atom is 0.227 e. The van der Waals surface area contributed by atoms with Gasteiger partial charge in [-0.05, 0) is 45.3 Å². The van der Waals surface area contributed by atoms with Crippen LogP contribution in [0.2, 0.25) is 0 Å². The van der Waals surface area contributed by atoms with Gasteiger partial charge in [0.2, 0.25) is 5.91 Å². The molecule has 2 rings (SSSR count). The van der Waals surface area contributed by atoms with E-state index in [0.29, 0.717) is 54.4 Å². The minimum Gasteiger partial charge on any atom is -0.492 e. The number of amides is 1. The summed E-state index contributed by atoms with van der Waals surface area (Å²) >= 11 is 5.35. The topological polar surface area (TPSA) is 80.8 Å². The predicted octanol–water partition coefficient (Wildman–Crippen LogP) is 3.16. The predicted molar refractivity (Wildman–Crippen MR) is 111 cm³/mol. The molecule has 27 heavy (non-hydrogen) atoms. The molecule has 3 N–H and O–H groups in total. The first-order valence-corrected chi connectivity index (χ1v) is 9.78. The minimum absolute atomic E-state index is 0.0226. The SMILES string of the molecule is CCOc1cc(NC(=S)NCCCOC)c(OCC)cc1NC(=O)C1CC1. The van der Waals surface area contributed by atoms with Crippen LogP contribution >= 0.6 is 12.2 Å². The van der Waals surface area contributed by atoms with Gasteiger partial charge in [-0.3, -0.25) is 4.79 Å². The van der Waals surface area contributed by atoms with Crippen LogP contribution in [0.5, 0.6) is 11.5 Å². The molecule has 1 aliphatic carbocycles. The summed E-state index contributed by atoms with van der Waals surface area (Å²) < 4.78 is 16.5. The highest BCUT2D eigenvalue weighted by Gasteiger charge is 2.30. The van der Waals surface area contributed by atoms with E-state index in [4.69, 9.17) is 26.4 Å². The second kappa shape index (κ2) is 10.9. The summed E-state index contributed by atoms with van der Waals surface area (Å²) in [6, 6.07) is 3.59. The Hall–Kier alpha value is -2.06. The lowest BCUT2D eigenvalue weighted by Gasteiger charge is -2.19. The fraction of sp³-hybridized carbons (Fsp3) is 0.579. The van der Waals surface area contributed by atoms with Crippen molar-refractivity contribution in [3.63, 3.8) is 0 Å². The average Bonchev–Trinajstić information content (AvgIpc) is 3.48. The molecular formula is C19H29N3O4S. The van der Waals surface area contributed by atoms with Crippen LogP contribution in [0, 0.1) is 5.92 Å². The molecular weight excluding hydrogens is 366 g/mol. The number of carbonyl (C=O) groups excluding carboxylic acids is 1. The summed E-state index contributed by atoms with van der Waals surface area (Å²) in [6.07, 6.45) is 2.74. The molecule has 0 atom stereocenters. The zero-order valence-corrected chi connectivity index (χ0v) is 17.0. The van der Waals surface area contributed by atoms with E-state index in [9.17, 15) is 4.79 Å². The summed E-state index contributed by atoms with van der Waals surface area (Å²) in [5.41, 5.74) is 1.30. The summed E-state index contributed by atoms with van der Waals surface area (Å²) in [7, 11) is 1.67. The van der Waals surface area contributed by atoms with Gasteiger partial charge in [-0.2, -0.15) is 0 Å². The lowest BCUT2D eigenvalue weighted by atomic mass is 10.2. The van der Waals surface area contributed by atoms with Gasteiger partial charge in [0.1, 0.15) is 11.5 Å². The number of thiocarbonyl (C=S) groups is 1. The third kappa shape index (κ3) is 6.88. The van der Waals surface area contributed by atoms with E-state index >= 15 is 0 Å². The van der Waals surface area contributed by atoms with Gasteiger partial charge in [-0.15, -0.1) is 0 Å². The van der Waals surface area contributed by atoms with E-state index in [0.717, 1.165) is 19.3 Å². The summed E-state index contributed by atoms with van der Waals surface area (Å²) in [5.74, 6) is 1.32. The molecule has 1 fully saturated rings. The molecule has 0 bridgehead atoms. The smallest absolute Gasteiger partial charge is 0.227 e. The zero-order chi connectivity index (χ0) is 19.6. The van der Waals surface area contributed by atoms with E-state index in [1.807, 2.05) is 13.8 Å². The molecule has 8 heteroatoms. The molecule has 0 spiro atoms. The summed E-state index contributed by atoms with van der Waals surface area (Å²) in [4.78, 5) is 12.2. The quantitative estimate of drug-likeness (QED) is 0.392. The Labute approximate surface area is 166 Å². The fourth-order valence-electron chi connectivity index (χ4n) is 2.47. The van der Waals surface area contributed by atoms with Crippen LogP contribution in [0.3, 0.4) is 0 Å². The number of benzene rings is 1. The Kier molecular flexibility index (Phi) is 8.60. The molecule has 150 valence electrons. The molecule has 1 aromatic rings. The Bertz CT molecular complexity index is 650. The second-order valence-electron chi connectivity index (χ2n) is 6.20. The Morgan fingerprint density at radius 1 is 1.11 bits per heavy atom. The third-order valence-electron chi connectivity index (χ3n) is 3.95. The highest BCUT2D eigenvalue weighted by atomic mass is 32.1. The lowest BCUT2D eigenvalue weighted by molar-refractivity contribution is -0.117. The number of anilines is 2. The van der Waals surface area contributed by atoms with E-state index in [-0.39, 0.29) is 11.8 Å². The maximum absolute atomic E-state index is 12.2. The molecule has 1 amide bonds. The van der Waals surface area contributed by atoms with Crippen LogP contribution in [0.4, 0.5) is 11.4 Å². The third-order valence-corrected chi connectivity index (χ3v) is 4.19. The number of rotatable bonds is 11. The molecule has 0 unspecified atom stereocenters. The number of ether oxygens (including phenoxy) is 3. The van der Waals surface area contributed by atoms with Crippen LogP contribution < -0.4 is 25.4 Å². The standard InChI is InChI=1S/C19H29N3O4S/c1-4-25-16-12-15(22-19(27)20-9-6-10-24-3)17(26-5-2)11-14(16)21-18(23)13-7-8-13/h11-13H,4-10H2,1-3H3,(H,21,23)(H2,20,22,27). The molecule has 1 aliphatic rings. The molecule has 0 heterocycles. The largest absolute Gasteiger partial charge is 0.492 e. The summed E-state index contributed by atoms with van der Waals surface area (Å²) in [6.45, 7) is 6.16. The van der Waals surface area contributed by atoms with Gasteiger partial charge in [0.15, 0.2) is 5.11 Å². The minimum atomic E-state index is 0.0226. The first-order valence-electron chi connectivity index (χ1n) is 9.37. The van der Waals surface area contributed by atoms with Gasteiger partial charge in [-0.1, -0.05) is 0 Å². The van der Waals surface area contributed by atoms with Gasteiger partial charge in [0.05, 0.1) is 24.6 Å². The fourth-order valence-corrected chi connectivity index (χ4v) is 2.68. The van der Waals surface area contributed by atoms with Gasteiger partial charge in [0, 0.05) is 38.3 Å². The van der Waals surface area contributed by atoms with Crippen molar-refractivity contribution in [2.45, 2.75) is 33.1 Å². The van der Waals surface area contributed by atoms with Gasteiger partial charge < -0.3 is 30.2 Å². The molecule has 0 saturated heterocycles. The van der Waals surface area contributed by atoms with Crippen molar-refractivity contribution in [1.82, 2.24) is 5.32 Å². The van der Waals surface area contributed by atoms with Crippen molar-refractivity contribution in [3.05, 3.63) is 12.1 Å². The Balaban J connectivity index is 2.14. The number of hydrogen-bond donors (Lipinski definition) is 3. The van der Waals surface area contributed by atoms with E-state index < -0.39 is 0 Å². The highest BCUT2D eigenvalue weighted by molar-refractivity contribution is 7.80. The lowest BCUT2D eigenvalue weighted by Crippen LogP contribution is -2.30. The van der Waals surface area contributed by atoms with Crippen molar-refractivity contribution in [3.8, 4) is 11.5 Å². The van der Waals surface area contributed by atoms with Gasteiger partial charge in [-0.25, -0.2) is 0 Å².